The zero-order valence-corrected chi connectivity index (χ0v) is 11.7. The highest BCUT2D eigenvalue weighted by atomic mass is 16.4. The number of phenols is 1. The molecule has 124 valence electrons. The lowest BCUT2D eigenvalue weighted by atomic mass is 10.0. The third kappa shape index (κ3) is 6.50. The van der Waals surface area contributed by atoms with E-state index in [2.05, 4.69) is 0 Å². The summed E-state index contributed by atoms with van der Waals surface area (Å²) in [6.45, 7) is 1.72. The number of aliphatic carboxylic acids is 2. The van der Waals surface area contributed by atoms with Crippen LogP contribution in [0.15, 0.2) is 24.3 Å². The number of aliphatic hydroxyl groups is 3. The van der Waals surface area contributed by atoms with Gasteiger partial charge in [0.25, 0.3) is 0 Å². The number of rotatable bonds is 5. The summed E-state index contributed by atoms with van der Waals surface area (Å²) in [6.07, 6.45) is -5.24. The van der Waals surface area contributed by atoms with E-state index in [1.165, 1.54) is 6.07 Å². The van der Waals surface area contributed by atoms with Gasteiger partial charge in [0.05, 0.1) is 6.10 Å². The van der Waals surface area contributed by atoms with E-state index >= 15 is 0 Å². The molecule has 4 atom stereocenters. The molecule has 0 heterocycles. The topological polar surface area (TPSA) is 182 Å². The summed E-state index contributed by atoms with van der Waals surface area (Å²) in [6, 6.07) is 6.14. The summed E-state index contributed by atoms with van der Waals surface area (Å²) in [5.41, 5.74) is 6.13. The van der Waals surface area contributed by atoms with Gasteiger partial charge in [-0.25, -0.2) is 9.59 Å². The van der Waals surface area contributed by atoms with E-state index in [-0.39, 0.29) is 11.8 Å². The van der Waals surface area contributed by atoms with Crippen molar-refractivity contribution < 1.29 is 40.2 Å². The Morgan fingerprint density at radius 3 is 1.82 bits per heavy atom. The van der Waals surface area contributed by atoms with Crippen LogP contribution < -0.4 is 5.73 Å². The first-order valence-electron chi connectivity index (χ1n) is 6.12. The van der Waals surface area contributed by atoms with Crippen LogP contribution in [0.4, 0.5) is 0 Å². The molecule has 1 aromatic rings. The van der Waals surface area contributed by atoms with Crippen LogP contribution in [0.3, 0.4) is 0 Å². The number of carboxylic acids is 2. The second-order valence-corrected chi connectivity index (χ2v) is 4.47. The molecule has 0 aromatic heterocycles. The van der Waals surface area contributed by atoms with Gasteiger partial charge in [-0.3, -0.25) is 0 Å². The smallest absolute Gasteiger partial charge is 0.335 e. The third-order valence-corrected chi connectivity index (χ3v) is 2.51. The molecule has 1 unspecified atom stereocenters. The van der Waals surface area contributed by atoms with Crippen LogP contribution in [0.2, 0.25) is 0 Å². The van der Waals surface area contributed by atoms with Gasteiger partial charge >= 0.3 is 11.9 Å². The van der Waals surface area contributed by atoms with Crippen molar-refractivity contribution >= 4 is 11.9 Å². The molecule has 9 nitrogen and oxygen atoms in total. The maximum Gasteiger partial charge on any atom is 0.335 e. The molecule has 0 aliphatic carbocycles. The lowest BCUT2D eigenvalue weighted by Gasteiger charge is -2.14. The van der Waals surface area contributed by atoms with Crippen molar-refractivity contribution in [2.45, 2.75) is 31.3 Å². The van der Waals surface area contributed by atoms with Crippen LogP contribution in [-0.2, 0) is 9.59 Å². The number of hydrogen-bond acceptors (Lipinski definition) is 7. The predicted molar refractivity (Wildman–Crippen MR) is 74.0 cm³/mol. The van der Waals surface area contributed by atoms with Crippen LogP contribution >= 0.6 is 0 Å². The largest absolute Gasteiger partial charge is 0.508 e. The Kier molecular flexibility index (Phi) is 8.05. The number of nitrogens with two attached hydrogens (primary N) is 1. The minimum atomic E-state index is -2.27. The highest BCUT2D eigenvalue weighted by Gasteiger charge is 2.29. The summed E-state index contributed by atoms with van der Waals surface area (Å²) in [5.74, 6) is -3.39. The molecule has 0 saturated heterocycles. The fourth-order valence-electron chi connectivity index (χ4n) is 1.28. The number of aromatic hydroxyl groups is 1. The standard InChI is InChI=1S/C9H13NO2.C4H6O6/c1-6(10)9(12)7-3-2-4-8(11)5-7;5-1(3(7)8)2(6)4(9)10/h2-6,9,11-12H,10H2,1H3;1-2,5-6H,(H,7,8)(H,9,10)/t6-,9-;1-,2?/m01/s1. The van der Waals surface area contributed by atoms with Crippen LogP contribution in [0, 0.1) is 0 Å². The second-order valence-electron chi connectivity index (χ2n) is 4.47. The van der Waals surface area contributed by atoms with Crippen molar-refractivity contribution in [1.29, 1.82) is 0 Å². The summed E-state index contributed by atoms with van der Waals surface area (Å²) in [7, 11) is 0. The van der Waals surface area contributed by atoms with Crippen molar-refractivity contribution in [2.75, 3.05) is 0 Å². The fraction of sp³-hybridized carbons (Fsp3) is 0.385. The quantitative estimate of drug-likeness (QED) is 0.345. The molecule has 0 saturated carbocycles. The Morgan fingerprint density at radius 2 is 1.50 bits per heavy atom. The molecule has 1 aromatic carbocycles. The average molecular weight is 317 g/mol. The highest BCUT2D eigenvalue weighted by Crippen LogP contribution is 2.19. The van der Waals surface area contributed by atoms with E-state index in [0.717, 1.165) is 0 Å². The van der Waals surface area contributed by atoms with Gasteiger partial charge in [0.1, 0.15) is 5.75 Å². The number of carbonyl (C=O) groups is 2. The number of hydrogen-bond donors (Lipinski definition) is 7. The number of phenolic OH excluding ortho intramolecular Hbond substituents is 1. The van der Waals surface area contributed by atoms with Crippen LogP contribution in [-0.4, -0.2) is 60.8 Å². The van der Waals surface area contributed by atoms with Crippen LogP contribution in [0.5, 0.6) is 5.75 Å². The molecule has 1 rings (SSSR count). The molecule has 0 aliphatic rings. The minimum absolute atomic E-state index is 0.146. The third-order valence-electron chi connectivity index (χ3n) is 2.51. The van der Waals surface area contributed by atoms with Crippen LogP contribution in [0.25, 0.3) is 0 Å². The number of carboxylic acid groups (broad SMARTS) is 2. The van der Waals surface area contributed by atoms with Gasteiger partial charge in [-0.1, -0.05) is 12.1 Å². The Morgan fingerprint density at radius 1 is 1.05 bits per heavy atom. The van der Waals surface area contributed by atoms with Crippen molar-refractivity contribution in [1.82, 2.24) is 0 Å². The zero-order valence-electron chi connectivity index (χ0n) is 11.7. The Bertz CT molecular complexity index is 487. The Balaban J connectivity index is 0.000000409. The Hall–Kier alpha value is -2.20. The first-order chi connectivity index (χ1) is 10.1. The number of benzene rings is 1. The monoisotopic (exact) mass is 317 g/mol. The summed E-state index contributed by atoms with van der Waals surface area (Å²) >= 11 is 0. The van der Waals surface area contributed by atoms with E-state index in [4.69, 9.17) is 31.3 Å². The zero-order chi connectivity index (χ0) is 17.4. The van der Waals surface area contributed by atoms with Crippen molar-refractivity contribution in [3.05, 3.63) is 29.8 Å². The van der Waals surface area contributed by atoms with Gasteiger partial charge < -0.3 is 36.4 Å². The lowest BCUT2D eigenvalue weighted by molar-refractivity contribution is -0.165. The van der Waals surface area contributed by atoms with Crippen molar-refractivity contribution in [3.8, 4) is 5.75 Å². The van der Waals surface area contributed by atoms with E-state index in [0.29, 0.717) is 5.56 Å². The van der Waals surface area contributed by atoms with E-state index in [1.807, 2.05) is 0 Å². The first-order valence-corrected chi connectivity index (χ1v) is 6.12. The summed E-state index contributed by atoms with van der Waals surface area (Å²) in [5, 5.41) is 51.1. The number of aliphatic hydroxyl groups excluding tert-OH is 3. The van der Waals surface area contributed by atoms with Gasteiger partial charge in [-0.2, -0.15) is 0 Å². The molecule has 9 heteroatoms. The second kappa shape index (κ2) is 8.95. The molecule has 8 N–H and O–H groups in total. The van der Waals surface area contributed by atoms with E-state index in [1.54, 1.807) is 25.1 Å². The molecule has 0 amide bonds. The fourth-order valence-corrected chi connectivity index (χ4v) is 1.28. The molecular weight excluding hydrogens is 298 g/mol. The van der Waals surface area contributed by atoms with Gasteiger partial charge in [-0.05, 0) is 24.6 Å². The first kappa shape index (κ1) is 19.8. The van der Waals surface area contributed by atoms with Gasteiger partial charge in [0.2, 0.25) is 0 Å². The molecule has 0 radical (unpaired) electrons. The summed E-state index contributed by atoms with van der Waals surface area (Å²) < 4.78 is 0. The van der Waals surface area contributed by atoms with Crippen molar-refractivity contribution in [2.24, 2.45) is 5.73 Å². The maximum absolute atomic E-state index is 9.77. The van der Waals surface area contributed by atoms with Gasteiger partial charge in [0, 0.05) is 6.04 Å². The molecule has 0 bridgehead atoms. The van der Waals surface area contributed by atoms with Crippen LogP contribution in [0.1, 0.15) is 18.6 Å². The normalized spacial score (nSPS) is 15.7. The average Bonchev–Trinajstić information content (AvgIpc) is 2.45. The molecular formula is C13H19NO8. The minimum Gasteiger partial charge on any atom is -0.508 e. The lowest BCUT2D eigenvalue weighted by Crippen LogP contribution is -2.39. The SMILES string of the molecule is C[C@H](N)[C@H](O)c1cccc(O)c1.O=C(O)C(O)[C@@H](O)C(=O)O. The maximum atomic E-state index is 9.77. The van der Waals surface area contributed by atoms with E-state index < -0.39 is 30.3 Å². The Labute approximate surface area is 125 Å². The molecule has 0 aliphatic heterocycles. The highest BCUT2D eigenvalue weighted by molar-refractivity contribution is 5.83. The predicted octanol–water partition coefficient (Wildman–Crippen LogP) is -1.35. The molecule has 22 heavy (non-hydrogen) atoms. The van der Waals surface area contributed by atoms with E-state index in [9.17, 15) is 14.7 Å². The van der Waals surface area contributed by atoms with Gasteiger partial charge in [0.15, 0.2) is 12.2 Å². The molecule has 0 fully saturated rings. The molecule has 0 spiro atoms. The summed E-state index contributed by atoms with van der Waals surface area (Å²) in [4.78, 5) is 19.5. The van der Waals surface area contributed by atoms with Gasteiger partial charge in [-0.15, -0.1) is 0 Å². The van der Waals surface area contributed by atoms with Crippen molar-refractivity contribution in [3.63, 3.8) is 0 Å².